The zero-order valence-electron chi connectivity index (χ0n) is 20.5. The Hall–Kier alpha value is -3.79. The van der Waals surface area contributed by atoms with Gasteiger partial charge >= 0.3 is 5.97 Å². The number of thioether (sulfide) groups is 1. The molecule has 0 aliphatic carbocycles. The fourth-order valence-electron chi connectivity index (χ4n) is 3.94. The first kappa shape index (κ1) is 26.8. The normalized spacial score (nSPS) is 11.5. The predicted molar refractivity (Wildman–Crippen MR) is 157 cm³/mol. The van der Waals surface area contributed by atoms with Crippen LogP contribution in [0, 0.1) is 0 Å². The number of fused-ring (bicyclic) bond motifs is 1. The second kappa shape index (κ2) is 11.9. The summed E-state index contributed by atoms with van der Waals surface area (Å²) >= 11 is 10.5. The van der Waals surface area contributed by atoms with Gasteiger partial charge in [0.15, 0.2) is 17.3 Å². The first-order chi connectivity index (χ1) is 18.9. The number of carbonyl (C=O) groups is 1. The minimum absolute atomic E-state index is 0.0371. The number of aromatic nitrogens is 3. The molecule has 0 fully saturated rings. The van der Waals surface area contributed by atoms with E-state index in [-0.39, 0.29) is 10.1 Å². The van der Waals surface area contributed by atoms with Gasteiger partial charge in [0.2, 0.25) is 5.16 Å². The molecule has 0 saturated carbocycles. The highest BCUT2D eigenvalue weighted by Crippen LogP contribution is 2.39. The maximum Gasteiger partial charge on any atom is 0.342 e. The molecular weight excluding hydrogens is 602 g/mol. The van der Waals surface area contributed by atoms with Crippen LogP contribution >= 0.6 is 39.3 Å². The molecule has 196 valence electrons. The lowest BCUT2D eigenvalue weighted by molar-refractivity contribution is -0.131. The van der Waals surface area contributed by atoms with Gasteiger partial charge in [-0.3, -0.25) is 5.10 Å². The van der Waals surface area contributed by atoms with E-state index in [0.717, 1.165) is 33.7 Å². The van der Waals surface area contributed by atoms with Crippen molar-refractivity contribution < 1.29 is 19.4 Å². The summed E-state index contributed by atoms with van der Waals surface area (Å²) in [6, 6.07) is 24.8. The first-order valence-corrected chi connectivity index (χ1v) is 13.7. The van der Waals surface area contributed by atoms with Crippen molar-refractivity contribution in [3.05, 3.63) is 104 Å². The van der Waals surface area contributed by atoms with E-state index in [1.807, 2.05) is 24.3 Å². The van der Waals surface area contributed by atoms with E-state index in [1.165, 1.54) is 6.08 Å². The van der Waals surface area contributed by atoms with Crippen LogP contribution in [0.4, 0.5) is 0 Å². The van der Waals surface area contributed by atoms with Crippen LogP contribution in [0.1, 0.15) is 11.1 Å². The Morgan fingerprint density at radius 1 is 1.10 bits per heavy atom. The largest absolute Gasteiger partial charge is 0.493 e. The van der Waals surface area contributed by atoms with Crippen molar-refractivity contribution in [2.75, 3.05) is 7.11 Å². The van der Waals surface area contributed by atoms with Crippen LogP contribution in [0.2, 0.25) is 5.02 Å². The van der Waals surface area contributed by atoms with E-state index in [4.69, 9.17) is 21.1 Å². The second-order valence-electron chi connectivity index (χ2n) is 8.35. The van der Waals surface area contributed by atoms with Gasteiger partial charge < -0.3 is 14.6 Å². The van der Waals surface area contributed by atoms with E-state index < -0.39 is 5.97 Å². The summed E-state index contributed by atoms with van der Waals surface area (Å²) in [7, 11) is 1.54. The highest BCUT2D eigenvalue weighted by Gasteiger charge is 2.17. The minimum atomic E-state index is -1.11. The Kier molecular flexibility index (Phi) is 8.21. The third-order valence-corrected chi connectivity index (χ3v) is 7.51. The maximum atomic E-state index is 12.1. The minimum Gasteiger partial charge on any atom is -0.493 e. The van der Waals surface area contributed by atoms with Gasteiger partial charge in [0.05, 0.1) is 11.6 Å². The Balaban J connectivity index is 1.37. The highest BCUT2D eigenvalue weighted by atomic mass is 79.9. The molecule has 0 saturated heterocycles. The van der Waals surface area contributed by atoms with Crippen LogP contribution in [0.5, 0.6) is 11.5 Å². The van der Waals surface area contributed by atoms with Crippen molar-refractivity contribution >= 4 is 62.1 Å². The molecule has 0 unspecified atom stereocenters. The van der Waals surface area contributed by atoms with E-state index in [9.17, 15) is 9.90 Å². The van der Waals surface area contributed by atoms with Crippen molar-refractivity contribution in [1.82, 2.24) is 15.2 Å². The summed E-state index contributed by atoms with van der Waals surface area (Å²) in [5.41, 5.74) is 2.43. The molecule has 0 aliphatic rings. The molecule has 1 aromatic heterocycles. The summed E-state index contributed by atoms with van der Waals surface area (Å²) < 4.78 is 12.4. The molecule has 39 heavy (non-hydrogen) atoms. The smallest absolute Gasteiger partial charge is 0.342 e. The summed E-state index contributed by atoms with van der Waals surface area (Å²) in [6.07, 6.45) is 1.53. The molecule has 7 nitrogen and oxygen atoms in total. The van der Waals surface area contributed by atoms with Crippen molar-refractivity contribution in [1.29, 1.82) is 0 Å². The van der Waals surface area contributed by atoms with Crippen LogP contribution in [0.25, 0.3) is 28.2 Å². The number of ether oxygens (including phenoxy) is 2. The zero-order valence-corrected chi connectivity index (χ0v) is 23.7. The summed E-state index contributed by atoms with van der Waals surface area (Å²) in [5.74, 6) is 0.391. The molecule has 10 heteroatoms. The third kappa shape index (κ3) is 6.27. The number of nitrogens with zero attached hydrogens (tertiary/aromatic N) is 2. The lowest BCUT2D eigenvalue weighted by Crippen LogP contribution is -2.00. The number of halogens is 2. The molecule has 1 heterocycles. The number of aromatic amines is 1. The molecule has 5 rings (SSSR count). The number of nitrogens with one attached hydrogen (secondary N) is 1. The molecule has 0 bridgehead atoms. The SMILES string of the molecule is COc1cc(/C=C(\Sc2n[nH]c(-c3ccc(Cl)cc3)n2)C(=O)O)cc(Br)c1OCc1cccc2ccccc12. The second-order valence-corrected chi connectivity index (χ2v) is 10.7. The van der Waals surface area contributed by atoms with Crippen molar-refractivity contribution in [3.8, 4) is 22.9 Å². The van der Waals surface area contributed by atoms with Gasteiger partial charge in [0.25, 0.3) is 0 Å². The molecule has 0 aliphatic heterocycles. The molecule has 0 spiro atoms. The van der Waals surface area contributed by atoms with Crippen LogP contribution in [-0.4, -0.2) is 33.4 Å². The van der Waals surface area contributed by atoms with E-state index in [1.54, 1.807) is 43.5 Å². The fraction of sp³-hybridized carbons (Fsp3) is 0.0690. The summed E-state index contributed by atoms with van der Waals surface area (Å²) in [6.45, 7) is 0.336. The van der Waals surface area contributed by atoms with E-state index in [2.05, 4.69) is 49.3 Å². The van der Waals surface area contributed by atoms with Gasteiger partial charge in [0.1, 0.15) is 11.5 Å². The number of aliphatic carboxylic acids is 1. The number of carboxylic acids is 1. The van der Waals surface area contributed by atoms with Crippen LogP contribution in [-0.2, 0) is 11.4 Å². The zero-order chi connectivity index (χ0) is 27.4. The monoisotopic (exact) mass is 621 g/mol. The number of benzene rings is 4. The van der Waals surface area contributed by atoms with Crippen molar-refractivity contribution in [2.24, 2.45) is 0 Å². The van der Waals surface area contributed by atoms with Crippen LogP contribution in [0.3, 0.4) is 0 Å². The predicted octanol–water partition coefficient (Wildman–Crippen LogP) is 7.85. The Labute approximate surface area is 242 Å². The van der Waals surface area contributed by atoms with Gasteiger partial charge in [-0.2, -0.15) is 0 Å². The van der Waals surface area contributed by atoms with Gasteiger partial charge in [-0.25, -0.2) is 9.78 Å². The average molecular weight is 623 g/mol. The Morgan fingerprint density at radius 3 is 2.64 bits per heavy atom. The molecule has 4 aromatic carbocycles. The van der Waals surface area contributed by atoms with Crippen LogP contribution < -0.4 is 9.47 Å². The lowest BCUT2D eigenvalue weighted by Gasteiger charge is -2.15. The average Bonchev–Trinajstić information content (AvgIpc) is 3.40. The van der Waals surface area contributed by atoms with Gasteiger partial charge in [-0.15, -0.1) is 5.10 Å². The van der Waals surface area contributed by atoms with Gasteiger partial charge in [0, 0.05) is 10.6 Å². The number of hydrogen-bond donors (Lipinski definition) is 2. The van der Waals surface area contributed by atoms with Gasteiger partial charge in [-0.05, 0) is 92.1 Å². The highest BCUT2D eigenvalue weighted by molar-refractivity contribution is 9.10. The van der Waals surface area contributed by atoms with E-state index in [0.29, 0.717) is 39.0 Å². The summed E-state index contributed by atoms with van der Waals surface area (Å²) in [4.78, 5) is 16.5. The Morgan fingerprint density at radius 2 is 1.87 bits per heavy atom. The van der Waals surface area contributed by atoms with Crippen LogP contribution in [0.15, 0.2) is 93.4 Å². The molecule has 0 atom stereocenters. The fourth-order valence-corrected chi connectivity index (χ4v) is 5.35. The molecule has 0 amide bonds. The first-order valence-electron chi connectivity index (χ1n) is 11.7. The molecular formula is C29H21BrClN3O4S. The maximum absolute atomic E-state index is 12.1. The topological polar surface area (TPSA) is 97.3 Å². The lowest BCUT2D eigenvalue weighted by atomic mass is 10.1. The number of hydrogen-bond acceptors (Lipinski definition) is 6. The number of methoxy groups -OCH3 is 1. The quantitative estimate of drug-likeness (QED) is 0.128. The molecule has 2 N–H and O–H groups in total. The molecule has 5 aromatic rings. The standard InChI is InChI=1S/C29H21BrClN3O4S/c1-37-24-14-17(13-23(30)26(24)38-16-20-7-4-6-18-5-2-3-8-22(18)20)15-25(28(35)36)39-29-32-27(33-34-29)19-9-11-21(31)12-10-19/h2-15H,16H2,1H3,(H,35,36)(H,32,33,34)/b25-15-. The van der Waals surface area contributed by atoms with Crippen molar-refractivity contribution in [3.63, 3.8) is 0 Å². The Bertz CT molecular complexity index is 1680. The van der Waals surface area contributed by atoms with Crippen molar-refractivity contribution in [2.45, 2.75) is 11.8 Å². The summed E-state index contributed by atoms with van der Waals surface area (Å²) in [5, 5.41) is 20.0. The molecule has 0 radical (unpaired) electrons. The van der Waals surface area contributed by atoms with Gasteiger partial charge in [-0.1, -0.05) is 54.1 Å². The number of rotatable bonds is 9. The third-order valence-electron chi connectivity index (χ3n) is 5.80. The number of H-pyrrole nitrogens is 1. The number of carboxylic acid groups (broad SMARTS) is 1. The van der Waals surface area contributed by atoms with E-state index >= 15 is 0 Å².